The molecule has 31 heavy (non-hydrogen) atoms. The minimum absolute atomic E-state index is 0.0472. The van der Waals surface area contributed by atoms with Gasteiger partial charge in [-0.15, -0.1) is 0 Å². The number of hydrogen-bond acceptors (Lipinski definition) is 4. The van der Waals surface area contributed by atoms with Gasteiger partial charge in [0.2, 0.25) is 0 Å². The Kier molecular flexibility index (Phi) is 8.46. The summed E-state index contributed by atoms with van der Waals surface area (Å²) in [7, 11) is -2.65. The summed E-state index contributed by atoms with van der Waals surface area (Å²) in [6, 6.07) is 12.9. The third-order valence-corrected chi connectivity index (χ3v) is 5.59. The fraction of sp³-hybridized carbons (Fsp3) is 0.391. The molecule has 0 aliphatic heterocycles. The van der Waals surface area contributed by atoms with Gasteiger partial charge in [0.15, 0.2) is 11.6 Å². The van der Waals surface area contributed by atoms with Crippen molar-refractivity contribution >= 4 is 19.4 Å². The van der Waals surface area contributed by atoms with E-state index in [1.54, 1.807) is 18.2 Å². The minimum Gasteiger partial charge on any atom is -0.310 e. The molecule has 7 nitrogen and oxygen atoms in total. The van der Waals surface area contributed by atoms with Crippen LogP contribution in [-0.4, -0.2) is 33.3 Å². The normalized spacial score (nSPS) is 14.8. The van der Waals surface area contributed by atoms with E-state index in [1.807, 2.05) is 31.3 Å². The van der Waals surface area contributed by atoms with Gasteiger partial charge in [0.05, 0.1) is 0 Å². The fourth-order valence-electron chi connectivity index (χ4n) is 4.11. The first-order valence-electron chi connectivity index (χ1n) is 10.4. The third kappa shape index (κ3) is 5.97. The lowest BCUT2D eigenvalue weighted by atomic mass is 9.77. The summed E-state index contributed by atoms with van der Waals surface area (Å²) in [6.45, 7) is 4.37. The molecular formula is C23H30NO6P. The second-order valence-corrected chi connectivity index (χ2v) is 8.69. The molecule has 8 heteroatoms. The molecule has 3 rings (SSSR count). The van der Waals surface area contributed by atoms with E-state index in [-0.39, 0.29) is 17.1 Å². The molecule has 0 radical (unpaired) electrons. The zero-order chi connectivity index (χ0) is 23.2. The first kappa shape index (κ1) is 25.1. The summed E-state index contributed by atoms with van der Waals surface area (Å²) in [5, 5.41) is 3.52. The van der Waals surface area contributed by atoms with Crippen LogP contribution in [0.5, 0.6) is 0 Å². The van der Waals surface area contributed by atoms with Crippen LogP contribution < -0.4 is 5.32 Å². The van der Waals surface area contributed by atoms with Crippen LogP contribution in [0.25, 0.3) is 0 Å². The molecule has 1 aliphatic rings. The first-order chi connectivity index (χ1) is 14.6. The average molecular weight is 447 g/mol. The molecule has 0 amide bonds. The molecule has 0 spiro atoms. The SMILES string of the molecule is CCCCC(CCC)(NC)c1ccc2c(c1)C(=O)c1ccccc1C2=O.O=P(O)(O)O. The van der Waals surface area contributed by atoms with Crippen molar-refractivity contribution < 1.29 is 28.8 Å². The van der Waals surface area contributed by atoms with Gasteiger partial charge in [0, 0.05) is 27.8 Å². The molecule has 1 atom stereocenters. The predicted octanol–water partition coefficient (Wildman–Crippen LogP) is 3.94. The van der Waals surface area contributed by atoms with E-state index in [9.17, 15) is 9.59 Å². The van der Waals surface area contributed by atoms with E-state index in [0.717, 1.165) is 37.7 Å². The Morgan fingerprint density at radius 3 is 1.84 bits per heavy atom. The Hall–Kier alpha value is -2.15. The largest absolute Gasteiger partial charge is 0.466 e. The number of benzene rings is 2. The van der Waals surface area contributed by atoms with E-state index in [1.165, 1.54) is 0 Å². The van der Waals surface area contributed by atoms with Crippen LogP contribution in [0.4, 0.5) is 0 Å². The van der Waals surface area contributed by atoms with Crippen LogP contribution in [0, 0.1) is 0 Å². The molecule has 1 unspecified atom stereocenters. The summed E-state index contributed by atoms with van der Waals surface area (Å²) < 4.78 is 8.88. The molecule has 0 saturated carbocycles. The number of fused-ring (bicyclic) bond motifs is 2. The number of ketones is 2. The third-order valence-electron chi connectivity index (χ3n) is 5.59. The lowest BCUT2D eigenvalue weighted by Gasteiger charge is -2.35. The van der Waals surface area contributed by atoms with Crippen molar-refractivity contribution in [1.29, 1.82) is 0 Å². The summed E-state index contributed by atoms with van der Waals surface area (Å²) in [6.07, 6.45) is 5.32. The maximum Gasteiger partial charge on any atom is 0.466 e. The highest BCUT2D eigenvalue weighted by molar-refractivity contribution is 7.45. The molecule has 0 fully saturated rings. The number of rotatable bonds is 7. The van der Waals surface area contributed by atoms with Crippen molar-refractivity contribution in [2.24, 2.45) is 0 Å². The van der Waals surface area contributed by atoms with Gasteiger partial charge >= 0.3 is 7.82 Å². The minimum atomic E-state index is -4.64. The van der Waals surface area contributed by atoms with Gasteiger partial charge in [-0.1, -0.05) is 63.4 Å². The molecule has 0 aromatic heterocycles. The second kappa shape index (κ2) is 10.4. The Morgan fingerprint density at radius 1 is 0.839 bits per heavy atom. The Morgan fingerprint density at radius 2 is 1.35 bits per heavy atom. The predicted molar refractivity (Wildman–Crippen MR) is 119 cm³/mol. The summed E-state index contributed by atoms with van der Waals surface area (Å²) >= 11 is 0. The van der Waals surface area contributed by atoms with Crippen molar-refractivity contribution in [2.45, 2.75) is 51.5 Å². The van der Waals surface area contributed by atoms with E-state index in [2.05, 4.69) is 19.2 Å². The highest BCUT2D eigenvalue weighted by atomic mass is 31.2. The van der Waals surface area contributed by atoms with Gasteiger partial charge in [-0.25, -0.2) is 4.57 Å². The number of unbranched alkanes of at least 4 members (excludes halogenated alkanes) is 1. The number of nitrogens with one attached hydrogen (secondary N) is 1. The quantitative estimate of drug-likeness (QED) is 0.405. The van der Waals surface area contributed by atoms with Crippen LogP contribution in [0.1, 0.15) is 83.4 Å². The van der Waals surface area contributed by atoms with Crippen LogP contribution in [-0.2, 0) is 10.1 Å². The molecule has 168 valence electrons. The molecule has 2 aromatic rings. The monoisotopic (exact) mass is 447 g/mol. The zero-order valence-corrected chi connectivity index (χ0v) is 19.0. The van der Waals surface area contributed by atoms with Crippen LogP contribution in [0.2, 0.25) is 0 Å². The number of carbonyl (C=O) groups excluding carboxylic acids is 2. The lowest BCUT2D eigenvalue weighted by molar-refractivity contribution is 0.0979. The summed E-state index contributed by atoms with van der Waals surface area (Å²) in [4.78, 5) is 47.4. The van der Waals surface area contributed by atoms with E-state index < -0.39 is 7.82 Å². The lowest BCUT2D eigenvalue weighted by Crippen LogP contribution is -2.40. The molecule has 0 bridgehead atoms. The molecule has 4 N–H and O–H groups in total. The zero-order valence-electron chi connectivity index (χ0n) is 18.1. The summed E-state index contributed by atoms with van der Waals surface area (Å²) in [5.41, 5.74) is 3.04. The van der Waals surface area contributed by atoms with Gasteiger partial charge in [-0.05, 0) is 37.6 Å². The first-order valence-corrected chi connectivity index (χ1v) is 11.9. The second-order valence-electron chi connectivity index (χ2n) is 7.66. The fourth-order valence-corrected chi connectivity index (χ4v) is 4.11. The van der Waals surface area contributed by atoms with Crippen molar-refractivity contribution in [3.63, 3.8) is 0 Å². The van der Waals surface area contributed by atoms with Crippen molar-refractivity contribution in [3.8, 4) is 0 Å². The molecule has 0 heterocycles. The Balaban J connectivity index is 0.000000614. The summed E-state index contributed by atoms with van der Waals surface area (Å²) in [5.74, 6) is -0.102. The standard InChI is InChI=1S/C23H27NO2.H3O4P/c1-4-6-14-23(24-3,13-5-2)16-11-12-19-20(15-16)22(26)18-10-8-7-9-17(18)21(19)25;1-5(2,3)4/h7-12,15,24H,4-6,13-14H2,1-3H3;(H3,1,2,3,4). The van der Waals surface area contributed by atoms with E-state index >= 15 is 0 Å². The molecule has 0 saturated heterocycles. The van der Waals surface area contributed by atoms with Gasteiger partial charge in [-0.3, -0.25) is 9.59 Å². The Bertz CT molecular complexity index is 991. The molecule has 2 aromatic carbocycles. The topological polar surface area (TPSA) is 124 Å². The van der Waals surface area contributed by atoms with Gasteiger partial charge in [0.1, 0.15) is 0 Å². The van der Waals surface area contributed by atoms with Gasteiger partial charge in [-0.2, -0.15) is 0 Å². The van der Waals surface area contributed by atoms with Crippen LogP contribution >= 0.6 is 7.82 Å². The van der Waals surface area contributed by atoms with Crippen molar-refractivity contribution in [2.75, 3.05) is 7.05 Å². The van der Waals surface area contributed by atoms with Gasteiger partial charge < -0.3 is 20.0 Å². The van der Waals surface area contributed by atoms with Crippen LogP contribution in [0.3, 0.4) is 0 Å². The Labute approximate surface area is 182 Å². The molecule has 1 aliphatic carbocycles. The molecular weight excluding hydrogens is 417 g/mol. The van der Waals surface area contributed by atoms with Gasteiger partial charge in [0.25, 0.3) is 0 Å². The van der Waals surface area contributed by atoms with E-state index in [4.69, 9.17) is 19.2 Å². The van der Waals surface area contributed by atoms with Crippen molar-refractivity contribution in [3.05, 3.63) is 70.3 Å². The smallest absolute Gasteiger partial charge is 0.310 e. The van der Waals surface area contributed by atoms with Crippen molar-refractivity contribution in [1.82, 2.24) is 5.32 Å². The highest BCUT2D eigenvalue weighted by Gasteiger charge is 2.34. The number of hydrogen-bond donors (Lipinski definition) is 4. The maximum absolute atomic E-state index is 13.0. The average Bonchev–Trinajstić information content (AvgIpc) is 2.73. The maximum atomic E-state index is 13.0. The van der Waals surface area contributed by atoms with Crippen LogP contribution in [0.15, 0.2) is 42.5 Å². The highest BCUT2D eigenvalue weighted by Crippen LogP contribution is 2.35. The number of carbonyl (C=O) groups is 2. The number of phosphoric acid groups is 1. The van der Waals surface area contributed by atoms with E-state index in [0.29, 0.717) is 22.3 Å².